The molecule has 0 spiro atoms. The molecule has 0 atom stereocenters. The van der Waals surface area contributed by atoms with Crippen molar-refractivity contribution in [3.05, 3.63) is 71.4 Å². The van der Waals surface area contributed by atoms with Gasteiger partial charge in [0.2, 0.25) is 0 Å². The Morgan fingerprint density at radius 1 is 1.00 bits per heavy atom. The highest BCUT2D eigenvalue weighted by Crippen LogP contribution is 2.19. The summed E-state index contributed by atoms with van der Waals surface area (Å²) < 4.78 is 26.4. The number of aromatic nitrogens is 1. The van der Waals surface area contributed by atoms with Crippen LogP contribution < -0.4 is 10.6 Å². The third-order valence-electron chi connectivity index (χ3n) is 4.24. The number of aliphatic imine (C=N–C) groups is 1. The van der Waals surface area contributed by atoms with Gasteiger partial charge in [0.15, 0.2) is 5.96 Å². The normalized spacial score (nSPS) is 11.3. The number of benzene rings is 2. The molecule has 2 aromatic carbocycles. The summed E-state index contributed by atoms with van der Waals surface area (Å²) in [6.45, 7) is 1.36. The largest absolute Gasteiger partial charge is 0.361 e. The van der Waals surface area contributed by atoms with E-state index in [9.17, 15) is 8.78 Å². The van der Waals surface area contributed by atoms with Crippen LogP contribution in [0.5, 0.6) is 0 Å². The molecule has 0 bridgehead atoms. The lowest BCUT2D eigenvalue weighted by molar-refractivity contribution is 0.625. The number of rotatable bonds is 6. The highest BCUT2D eigenvalue weighted by atomic mass is 127. The highest BCUT2D eigenvalue weighted by Gasteiger charge is 2.05. The maximum atomic E-state index is 13.2. The van der Waals surface area contributed by atoms with E-state index in [4.69, 9.17) is 0 Å². The monoisotopic (exact) mass is 484 g/mol. The fraction of sp³-hybridized carbons (Fsp3) is 0.250. The Balaban J connectivity index is 0.00000261. The fourth-order valence-electron chi connectivity index (χ4n) is 2.92. The molecule has 0 saturated heterocycles. The number of nitrogens with zero attached hydrogens (tertiary/aromatic N) is 1. The maximum Gasteiger partial charge on any atom is 0.190 e. The predicted molar refractivity (Wildman–Crippen MR) is 117 cm³/mol. The number of aromatic amines is 1. The smallest absolute Gasteiger partial charge is 0.190 e. The van der Waals surface area contributed by atoms with Crippen molar-refractivity contribution in [1.82, 2.24) is 15.6 Å². The van der Waals surface area contributed by atoms with Crippen LogP contribution in [-0.4, -0.2) is 31.1 Å². The summed E-state index contributed by atoms with van der Waals surface area (Å²) in [7, 11) is 1.71. The molecule has 0 radical (unpaired) electrons. The van der Waals surface area contributed by atoms with Gasteiger partial charge in [-0.3, -0.25) is 4.99 Å². The Labute approximate surface area is 174 Å². The van der Waals surface area contributed by atoms with Crippen molar-refractivity contribution in [3.63, 3.8) is 0 Å². The first-order valence-corrected chi connectivity index (χ1v) is 8.60. The van der Waals surface area contributed by atoms with E-state index >= 15 is 0 Å². The number of halogens is 3. The summed E-state index contributed by atoms with van der Waals surface area (Å²) >= 11 is 0. The predicted octanol–water partition coefficient (Wildman–Crippen LogP) is 4.01. The van der Waals surface area contributed by atoms with Crippen molar-refractivity contribution >= 4 is 40.8 Å². The molecule has 0 aliphatic rings. The Bertz CT molecular complexity index is 908. The molecular weight excluding hydrogens is 461 g/mol. The Hall–Kier alpha value is -2.16. The average Bonchev–Trinajstić information content (AvgIpc) is 3.02. The summed E-state index contributed by atoms with van der Waals surface area (Å²) in [4.78, 5) is 7.29. The van der Waals surface area contributed by atoms with E-state index in [1.807, 2.05) is 12.3 Å². The number of H-pyrrole nitrogens is 1. The lowest BCUT2D eigenvalue weighted by Gasteiger charge is -2.11. The summed E-state index contributed by atoms with van der Waals surface area (Å²) in [6.07, 6.45) is 3.41. The van der Waals surface area contributed by atoms with Gasteiger partial charge in [-0.2, -0.15) is 0 Å². The second kappa shape index (κ2) is 10.2. The maximum absolute atomic E-state index is 13.2. The fourth-order valence-corrected chi connectivity index (χ4v) is 2.92. The molecule has 0 amide bonds. The zero-order valence-electron chi connectivity index (χ0n) is 15.1. The highest BCUT2D eigenvalue weighted by molar-refractivity contribution is 14.0. The van der Waals surface area contributed by atoms with Gasteiger partial charge >= 0.3 is 0 Å². The molecular formula is C20H23F2IN4. The Morgan fingerprint density at radius 2 is 1.74 bits per heavy atom. The number of guanidine groups is 1. The molecule has 0 unspecified atom stereocenters. The van der Waals surface area contributed by atoms with Crippen molar-refractivity contribution in [3.8, 4) is 0 Å². The Morgan fingerprint density at radius 3 is 2.48 bits per heavy atom. The lowest BCUT2D eigenvalue weighted by atomic mass is 10.1. The summed E-state index contributed by atoms with van der Waals surface area (Å²) in [6, 6.07) is 11.4. The van der Waals surface area contributed by atoms with Crippen LogP contribution >= 0.6 is 24.0 Å². The van der Waals surface area contributed by atoms with Crippen LogP contribution in [-0.2, 0) is 12.8 Å². The molecule has 3 aromatic rings. The van der Waals surface area contributed by atoms with E-state index in [0.717, 1.165) is 28.5 Å². The van der Waals surface area contributed by atoms with Crippen LogP contribution in [0.4, 0.5) is 8.78 Å². The van der Waals surface area contributed by atoms with E-state index in [1.54, 1.807) is 19.2 Å². The SMILES string of the molecule is CN=C(NCCc1cccc(F)c1)NCCc1c[nH]c2cc(F)ccc12.I. The third-order valence-corrected chi connectivity index (χ3v) is 4.24. The van der Waals surface area contributed by atoms with Crippen LogP contribution in [0.1, 0.15) is 11.1 Å². The molecule has 3 rings (SSSR count). The second-order valence-corrected chi connectivity index (χ2v) is 6.06. The van der Waals surface area contributed by atoms with Crippen molar-refractivity contribution < 1.29 is 8.78 Å². The van der Waals surface area contributed by atoms with Gasteiger partial charge in [0.1, 0.15) is 11.6 Å². The van der Waals surface area contributed by atoms with Gasteiger partial charge in [-0.05, 0) is 54.3 Å². The van der Waals surface area contributed by atoms with Crippen molar-refractivity contribution in [2.24, 2.45) is 4.99 Å². The summed E-state index contributed by atoms with van der Waals surface area (Å²) in [5.74, 6) is 0.239. The Kier molecular flexibility index (Phi) is 8.02. The molecule has 7 heteroatoms. The molecule has 0 saturated carbocycles. The molecule has 3 N–H and O–H groups in total. The molecule has 1 heterocycles. The van der Waals surface area contributed by atoms with Crippen LogP contribution in [0.15, 0.2) is 53.7 Å². The van der Waals surface area contributed by atoms with Gasteiger partial charge in [0, 0.05) is 37.2 Å². The van der Waals surface area contributed by atoms with Crippen LogP contribution in [0.25, 0.3) is 10.9 Å². The van der Waals surface area contributed by atoms with Crippen molar-refractivity contribution in [1.29, 1.82) is 0 Å². The average molecular weight is 484 g/mol. The minimum atomic E-state index is -0.244. The van der Waals surface area contributed by atoms with E-state index in [0.29, 0.717) is 25.5 Å². The van der Waals surface area contributed by atoms with Gasteiger partial charge in [0.05, 0.1) is 0 Å². The lowest BCUT2D eigenvalue weighted by Crippen LogP contribution is -2.39. The van der Waals surface area contributed by atoms with Crippen molar-refractivity contribution in [2.75, 3.05) is 20.1 Å². The van der Waals surface area contributed by atoms with Gasteiger partial charge in [-0.25, -0.2) is 8.78 Å². The molecule has 0 fully saturated rings. The topological polar surface area (TPSA) is 52.2 Å². The standard InChI is InChI=1S/C20H22F2N4.HI/c1-23-20(24-9-7-14-3-2-4-16(21)11-14)25-10-8-15-13-26-19-12-17(22)5-6-18(15)19;/h2-6,11-13,26H,7-10H2,1H3,(H2,23,24,25);1H. The second-order valence-electron chi connectivity index (χ2n) is 6.06. The molecule has 144 valence electrons. The van der Waals surface area contributed by atoms with Crippen LogP contribution in [0.3, 0.4) is 0 Å². The number of hydrogen-bond acceptors (Lipinski definition) is 1. The third kappa shape index (κ3) is 5.92. The van der Waals surface area contributed by atoms with Gasteiger partial charge in [-0.15, -0.1) is 24.0 Å². The number of nitrogens with one attached hydrogen (secondary N) is 3. The minimum Gasteiger partial charge on any atom is -0.361 e. The minimum absolute atomic E-state index is 0. The number of fused-ring (bicyclic) bond motifs is 1. The zero-order chi connectivity index (χ0) is 18.4. The molecule has 1 aromatic heterocycles. The number of hydrogen-bond donors (Lipinski definition) is 3. The summed E-state index contributed by atoms with van der Waals surface area (Å²) in [5, 5.41) is 7.51. The summed E-state index contributed by atoms with van der Waals surface area (Å²) in [5.41, 5.74) is 2.87. The van der Waals surface area contributed by atoms with Crippen molar-refractivity contribution in [2.45, 2.75) is 12.8 Å². The van der Waals surface area contributed by atoms with Crippen LogP contribution in [0.2, 0.25) is 0 Å². The molecule has 0 aliphatic carbocycles. The molecule has 27 heavy (non-hydrogen) atoms. The zero-order valence-corrected chi connectivity index (χ0v) is 17.4. The first-order chi connectivity index (χ1) is 12.7. The van der Waals surface area contributed by atoms with E-state index in [2.05, 4.69) is 20.6 Å². The first-order valence-electron chi connectivity index (χ1n) is 8.60. The van der Waals surface area contributed by atoms with Gasteiger partial charge in [-0.1, -0.05) is 12.1 Å². The first kappa shape index (κ1) is 21.1. The molecule has 4 nitrogen and oxygen atoms in total. The van der Waals surface area contributed by atoms with Crippen LogP contribution in [0, 0.1) is 11.6 Å². The van der Waals surface area contributed by atoms with Gasteiger partial charge < -0.3 is 15.6 Å². The van der Waals surface area contributed by atoms with E-state index < -0.39 is 0 Å². The van der Waals surface area contributed by atoms with E-state index in [-0.39, 0.29) is 35.6 Å². The van der Waals surface area contributed by atoms with Gasteiger partial charge in [0.25, 0.3) is 0 Å². The van der Waals surface area contributed by atoms with E-state index in [1.165, 1.54) is 24.3 Å². The molecule has 0 aliphatic heterocycles. The quantitative estimate of drug-likeness (QED) is 0.282.